The van der Waals surface area contributed by atoms with Gasteiger partial charge < -0.3 is 14.6 Å². The molecule has 3 rings (SSSR count). The van der Waals surface area contributed by atoms with Crippen LogP contribution in [0.25, 0.3) is 10.9 Å². The minimum absolute atomic E-state index is 0.0715. The van der Waals surface area contributed by atoms with Gasteiger partial charge in [-0.05, 0) is 45.0 Å². The van der Waals surface area contributed by atoms with Crippen LogP contribution in [-0.4, -0.2) is 21.2 Å². The van der Waals surface area contributed by atoms with Crippen LogP contribution < -0.4 is 16.2 Å². The summed E-state index contributed by atoms with van der Waals surface area (Å²) in [6.07, 6.45) is 0.649. The van der Waals surface area contributed by atoms with Crippen molar-refractivity contribution >= 4 is 57.3 Å². The Morgan fingerprint density at radius 3 is 2.47 bits per heavy atom. The molecule has 1 aromatic heterocycles. The van der Waals surface area contributed by atoms with Gasteiger partial charge in [0.25, 0.3) is 5.56 Å². The maximum atomic E-state index is 14.5. The minimum Gasteiger partial charge on any atom is -0.444 e. The molecule has 30 heavy (non-hydrogen) atoms. The lowest BCUT2D eigenvalue weighted by Crippen LogP contribution is -2.27. The fourth-order valence-corrected chi connectivity index (χ4v) is 3.20. The maximum absolute atomic E-state index is 14.5. The zero-order valence-electron chi connectivity index (χ0n) is 16.6. The molecule has 0 fully saturated rings. The Kier molecular flexibility index (Phi) is 5.92. The van der Waals surface area contributed by atoms with Crippen molar-refractivity contribution in [3.63, 3.8) is 0 Å². The lowest BCUT2D eigenvalue weighted by molar-refractivity contribution is 0.0636. The number of hydrogen-bond acceptors (Lipinski definition) is 5. The summed E-state index contributed by atoms with van der Waals surface area (Å²) in [5.74, 6) is -0.676. The van der Waals surface area contributed by atoms with E-state index in [2.05, 4.69) is 15.6 Å². The molecular formula is C20H19Cl2FN4O3. The first-order valence-electron chi connectivity index (χ1n) is 8.87. The normalized spacial score (nSPS) is 11.4. The summed E-state index contributed by atoms with van der Waals surface area (Å²) in [6, 6.07) is 5.59. The molecule has 0 unspecified atom stereocenters. The third-order valence-corrected chi connectivity index (χ3v) is 4.80. The van der Waals surface area contributed by atoms with Crippen molar-refractivity contribution in [2.45, 2.75) is 26.4 Å². The third-order valence-electron chi connectivity index (χ3n) is 4.01. The molecule has 0 aliphatic heterocycles. The van der Waals surface area contributed by atoms with Crippen LogP contribution in [0.3, 0.4) is 0 Å². The minimum atomic E-state index is -0.736. The molecule has 0 saturated heterocycles. The van der Waals surface area contributed by atoms with Crippen LogP contribution in [0.1, 0.15) is 20.8 Å². The second kappa shape index (κ2) is 8.12. The second-order valence-electron chi connectivity index (χ2n) is 7.52. The smallest absolute Gasteiger partial charge is 0.412 e. The van der Waals surface area contributed by atoms with E-state index in [1.54, 1.807) is 40.0 Å². The number of halogens is 3. The highest BCUT2D eigenvalue weighted by Gasteiger charge is 2.20. The van der Waals surface area contributed by atoms with Crippen LogP contribution >= 0.6 is 23.2 Å². The summed E-state index contributed by atoms with van der Waals surface area (Å²) in [4.78, 5) is 28.6. The highest BCUT2D eigenvalue weighted by molar-refractivity contribution is 6.39. The number of fused-ring (bicyclic) bond motifs is 1. The Balaban J connectivity index is 1.99. The van der Waals surface area contributed by atoms with Crippen LogP contribution in [0.2, 0.25) is 10.0 Å². The van der Waals surface area contributed by atoms with Gasteiger partial charge in [0.15, 0.2) is 0 Å². The molecule has 3 aromatic rings. The van der Waals surface area contributed by atoms with Crippen molar-refractivity contribution < 1.29 is 13.9 Å². The van der Waals surface area contributed by atoms with E-state index in [-0.39, 0.29) is 38.1 Å². The van der Waals surface area contributed by atoms with Gasteiger partial charge in [-0.1, -0.05) is 23.2 Å². The highest BCUT2D eigenvalue weighted by Crippen LogP contribution is 2.37. The van der Waals surface area contributed by atoms with Crippen molar-refractivity contribution in [2.75, 3.05) is 10.6 Å². The average Bonchev–Trinajstić information content (AvgIpc) is 2.64. The lowest BCUT2D eigenvalue weighted by Gasteiger charge is -2.20. The number of carbonyl (C=O) groups excluding carboxylic acids is 1. The molecule has 0 aliphatic rings. The zero-order chi connectivity index (χ0) is 22.2. The van der Waals surface area contributed by atoms with Crippen molar-refractivity contribution in [3.8, 4) is 0 Å². The number of hydrogen-bond donors (Lipinski definition) is 2. The number of rotatable bonds is 3. The number of benzene rings is 2. The molecule has 0 spiro atoms. The van der Waals surface area contributed by atoms with Gasteiger partial charge in [-0.2, -0.15) is 0 Å². The van der Waals surface area contributed by atoms with E-state index in [0.717, 1.165) is 6.07 Å². The van der Waals surface area contributed by atoms with Crippen LogP contribution in [0.15, 0.2) is 35.4 Å². The fourth-order valence-electron chi connectivity index (χ4n) is 2.66. The molecule has 7 nitrogen and oxygen atoms in total. The van der Waals surface area contributed by atoms with E-state index in [1.807, 2.05) is 0 Å². The van der Waals surface area contributed by atoms with Gasteiger partial charge in [-0.3, -0.25) is 10.1 Å². The molecule has 0 atom stereocenters. The predicted octanol–water partition coefficient (Wildman–Crippen LogP) is 5.47. The molecule has 2 aromatic carbocycles. The highest BCUT2D eigenvalue weighted by atomic mass is 35.5. The number of carbonyl (C=O) groups is 1. The number of aromatic nitrogens is 2. The van der Waals surface area contributed by atoms with E-state index in [0.29, 0.717) is 5.52 Å². The predicted molar refractivity (Wildman–Crippen MR) is 117 cm³/mol. The van der Waals surface area contributed by atoms with Gasteiger partial charge in [0.2, 0.25) is 0 Å². The molecule has 10 heteroatoms. The Morgan fingerprint density at radius 2 is 1.80 bits per heavy atom. The monoisotopic (exact) mass is 452 g/mol. The lowest BCUT2D eigenvalue weighted by atomic mass is 10.2. The summed E-state index contributed by atoms with van der Waals surface area (Å²) in [7, 11) is 1.55. The van der Waals surface area contributed by atoms with Crippen LogP contribution in [0.5, 0.6) is 0 Å². The molecule has 0 aliphatic carbocycles. The van der Waals surface area contributed by atoms with Crippen LogP contribution in [0, 0.1) is 5.82 Å². The topological polar surface area (TPSA) is 85.2 Å². The standard InChI is InChI=1S/C20H19Cl2FN4O3/c1-20(2,3)30-19(29)26-13-6-5-10(23)17(16(13)22)25-12-8-7-11-14(15(12)21)18(28)27(4)9-24-11/h5-9,25H,1-4H3,(H,26,29). The molecule has 158 valence electrons. The average molecular weight is 453 g/mol. The summed E-state index contributed by atoms with van der Waals surface area (Å²) < 4.78 is 21.0. The summed E-state index contributed by atoms with van der Waals surface area (Å²) in [5, 5.41) is 5.46. The molecule has 0 radical (unpaired) electrons. The van der Waals surface area contributed by atoms with Gasteiger partial charge in [0, 0.05) is 7.05 Å². The number of amides is 1. The molecule has 0 saturated carbocycles. The van der Waals surface area contributed by atoms with Crippen molar-refractivity contribution in [3.05, 3.63) is 56.8 Å². The number of ether oxygens (including phenoxy) is 1. The number of nitrogens with one attached hydrogen (secondary N) is 2. The molecule has 1 heterocycles. The van der Waals surface area contributed by atoms with E-state index in [4.69, 9.17) is 27.9 Å². The van der Waals surface area contributed by atoms with E-state index in [1.165, 1.54) is 17.0 Å². The van der Waals surface area contributed by atoms with Crippen LogP contribution in [-0.2, 0) is 11.8 Å². The van der Waals surface area contributed by atoms with Gasteiger partial charge in [-0.15, -0.1) is 0 Å². The van der Waals surface area contributed by atoms with Crippen molar-refractivity contribution in [1.82, 2.24) is 9.55 Å². The van der Waals surface area contributed by atoms with Gasteiger partial charge in [-0.25, -0.2) is 14.2 Å². The van der Waals surface area contributed by atoms with Crippen molar-refractivity contribution in [1.29, 1.82) is 0 Å². The first-order valence-corrected chi connectivity index (χ1v) is 9.62. The number of nitrogens with zero attached hydrogens (tertiary/aromatic N) is 2. The summed E-state index contributed by atoms with van der Waals surface area (Å²) in [5.41, 5.74) is -0.377. The summed E-state index contributed by atoms with van der Waals surface area (Å²) in [6.45, 7) is 5.14. The Bertz CT molecular complexity index is 1210. The van der Waals surface area contributed by atoms with E-state index in [9.17, 15) is 14.0 Å². The van der Waals surface area contributed by atoms with E-state index < -0.39 is 17.5 Å². The molecular weight excluding hydrogens is 434 g/mol. The molecule has 0 bridgehead atoms. The summed E-state index contributed by atoms with van der Waals surface area (Å²) >= 11 is 12.7. The SMILES string of the molecule is Cn1cnc2ccc(Nc3c(F)ccc(NC(=O)OC(C)(C)C)c3Cl)c(Cl)c2c1=O. The molecule has 2 N–H and O–H groups in total. The number of anilines is 3. The van der Waals surface area contributed by atoms with Crippen molar-refractivity contribution in [2.24, 2.45) is 7.05 Å². The van der Waals surface area contributed by atoms with E-state index >= 15 is 0 Å². The largest absolute Gasteiger partial charge is 0.444 e. The quantitative estimate of drug-likeness (QED) is 0.550. The maximum Gasteiger partial charge on any atom is 0.412 e. The fraction of sp³-hybridized carbons (Fsp3) is 0.250. The molecule has 1 amide bonds. The Hall–Kier alpha value is -2.84. The zero-order valence-corrected chi connectivity index (χ0v) is 18.2. The first-order chi connectivity index (χ1) is 14.0. The third kappa shape index (κ3) is 4.49. The van der Waals surface area contributed by atoms with Gasteiger partial charge >= 0.3 is 6.09 Å². The van der Waals surface area contributed by atoms with Crippen LogP contribution in [0.4, 0.5) is 26.2 Å². The number of aryl methyl sites for hydroxylation is 1. The first kappa shape index (κ1) is 21.9. The van der Waals surface area contributed by atoms with Gasteiger partial charge in [0.05, 0.1) is 44.3 Å². The second-order valence-corrected chi connectivity index (χ2v) is 8.27. The van der Waals surface area contributed by atoms with Gasteiger partial charge in [0.1, 0.15) is 11.4 Å². The Labute approximate surface area is 181 Å². The Morgan fingerprint density at radius 1 is 1.13 bits per heavy atom.